The fourth-order valence-electron chi connectivity index (χ4n) is 13.4. The topological polar surface area (TPSA) is 96.4 Å². The zero-order chi connectivity index (χ0) is 37.1. The lowest BCUT2D eigenvalue weighted by Gasteiger charge is -2.69. The van der Waals surface area contributed by atoms with Crippen molar-refractivity contribution in [2.24, 2.45) is 56.7 Å². The molecule has 51 heavy (non-hydrogen) atoms. The molecule has 1 saturated heterocycles. The Labute approximate surface area is 308 Å². The molecule has 4 saturated carbocycles. The summed E-state index contributed by atoms with van der Waals surface area (Å²) in [7, 11) is 1.78. The molecule has 1 heterocycles. The van der Waals surface area contributed by atoms with Crippen molar-refractivity contribution in [2.75, 3.05) is 53.0 Å². The van der Waals surface area contributed by atoms with Gasteiger partial charge in [0.15, 0.2) is 5.78 Å². The van der Waals surface area contributed by atoms with Crippen LogP contribution in [-0.2, 0) is 23.9 Å². The Morgan fingerprint density at radius 2 is 1.53 bits per heavy atom. The number of esters is 1. The number of methoxy groups -OCH3 is 1. The molecule has 0 aromatic rings. The average Bonchev–Trinajstić information content (AvgIpc) is 3.36. The van der Waals surface area contributed by atoms with Crippen LogP contribution in [0.1, 0.15) is 126 Å². The molecule has 0 aromatic carbocycles. The molecular formula is C43H70N2O6. The van der Waals surface area contributed by atoms with Gasteiger partial charge in [-0.25, -0.2) is 0 Å². The summed E-state index contributed by atoms with van der Waals surface area (Å²) in [5, 5.41) is 9.60. The van der Waals surface area contributed by atoms with Crippen LogP contribution >= 0.6 is 0 Å². The summed E-state index contributed by atoms with van der Waals surface area (Å²) in [6, 6.07) is 0. The standard InChI is InChI=1S/C43H70N2O6/c1-28(2)36-31(46)26-43(18-19-44-20-22-45(23-21-44)24-25-50-9)17-12-30-29(37(36)43)10-11-33-41(30,7)15-13-32-40(5,6)34(14-16-42(32,33)8)51-35(47)27-39(3,4)38(48)49/h28-30,32-34H,10-27H2,1-9H3,(H,48,49). The SMILES string of the molecule is COCCN1CCN(CCC23CCC4C(CCC5C4(C)CCC4C(C)(C)C(OC(=O)CC(C)(C)C(=O)O)CCC45C)C2=C(C(C)C)C(=O)C3)CC1. The number of ether oxygens (including phenoxy) is 2. The largest absolute Gasteiger partial charge is 0.481 e. The molecule has 1 N–H and O–H groups in total. The second-order valence-corrected chi connectivity index (χ2v) is 20.0. The number of rotatable bonds is 11. The molecule has 5 fully saturated rings. The van der Waals surface area contributed by atoms with Gasteiger partial charge < -0.3 is 19.5 Å². The van der Waals surface area contributed by atoms with Gasteiger partial charge in [0.1, 0.15) is 6.10 Å². The van der Waals surface area contributed by atoms with E-state index < -0.39 is 11.4 Å². The van der Waals surface area contributed by atoms with Crippen molar-refractivity contribution in [3.8, 4) is 0 Å². The first-order valence-corrected chi connectivity index (χ1v) is 20.5. The van der Waals surface area contributed by atoms with Crippen molar-refractivity contribution in [2.45, 2.75) is 132 Å². The van der Waals surface area contributed by atoms with E-state index in [1.165, 1.54) is 31.3 Å². The maximum atomic E-state index is 14.0. The fourth-order valence-corrected chi connectivity index (χ4v) is 13.4. The van der Waals surface area contributed by atoms with Crippen molar-refractivity contribution in [1.29, 1.82) is 0 Å². The van der Waals surface area contributed by atoms with E-state index in [9.17, 15) is 19.5 Å². The molecular weight excluding hydrogens is 640 g/mol. The first-order valence-electron chi connectivity index (χ1n) is 20.5. The van der Waals surface area contributed by atoms with Gasteiger partial charge >= 0.3 is 11.9 Å². The molecule has 8 unspecified atom stereocenters. The van der Waals surface area contributed by atoms with Crippen molar-refractivity contribution in [1.82, 2.24) is 9.80 Å². The van der Waals surface area contributed by atoms with Gasteiger partial charge in [0.2, 0.25) is 0 Å². The number of hydrogen-bond donors (Lipinski definition) is 1. The minimum atomic E-state index is -1.14. The monoisotopic (exact) mass is 711 g/mol. The molecule has 0 amide bonds. The van der Waals surface area contributed by atoms with Crippen molar-refractivity contribution in [3.63, 3.8) is 0 Å². The summed E-state index contributed by atoms with van der Waals surface area (Å²) in [5.41, 5.74) is 1.90. The van der Waals surface area contributed by atoms with E-state index >= 15 is 0 Å². The minimum absolute atomic E-state index is 0.0362. The predicted octanol–water partition coefficient (Wildman–Crippen LogP) is 7.64. The summed E-state index contributed by atoms with van der Waals surface area (Å²) in [4.78, 5) is 44.0. The Morgan fingerprint density at radius 1 is 0.882 bits per heavy atom. The summed E-state index contributed by atoms with van der Waals surface area (Å²) in [6.45, 7) is 24.8. The molecule has 6 rings (SSSR count). The maximum Gasteiger partial charge on any atom is 0.309 e. The number of carbonyl (C=O) groups is 3. The van der Waals surface area contributed by atoms with Crippen molar-refractivity contribution >= 4 is 17.7 Å². The minimum Gasteiger partial charge on any atom is -0.481 e. The number of carboxylic acids is 1. The van der Waals surface area contributed by atoms with E-state index in [2.05, 4.69) is 51.3 Å². The highest BCUT2D eigenvalue weighted by atomic mass is 16.5. The summed E-state index contributed by atoms with van der Waals surface area (Å²) >= 11 is 0. The lowest BCUT2D eigenvalue weighted by atomic mass is 9.36. The second-order valence-electron chi connectivity index (χ2n) is 20.0. The summed E-state index contributed by atoms with van der Waals surface area (Å²) in [5.74, 6) is 1.52. The van der Waals surface area contributed by atoms with Crippen LogP contribution in [0, 0.1) is 56.7 Å². The van der Waals surface area contributed by atoms with Crippen LogP contribution in [0.4, 0.5) is 0 Å². The highest BCUT2D eigenvalue weighted by Crippen LogP contribution is 2.73. The Balaban J connectivity index is 1.19. The quantitative estimate of drug-likeness (QED) is 0.219. The van der Waals surface area contributed by atoms with Gasteiger partial charge in [0.25, 0.3) is 0 Å². The lowest BCUT2D eigenvalue weighted by Crippen LogP contribution is -2.63. The third kappa shape index (κ3) is 6.79. The molecule has 1 aliphatic heterocycles. The smallest absolute Gasteiger partial charge is 0.309 e. The number of hydrogen-bond acceptors (Lipinski definition) is 7. The number of allylic oxidation sites excluding steroid dienone is 2. The summed E-state index contributed by atoms with van der Waals surface area (Å²) in [6.07, 6.45) is 10.5. The van der Waals surface area contributed by atoms with E-state index in [1.807, 2.05) is 0 Å². The molecule has 0 bridgehead atoms. The molecule has 0 spiro atoms. The van der Waals surface area contributed by atoms with Crippen LogP contribution in [-0.4, -0.2) is 91.7 Å². The molecule has 8 atom stereocenters. The van der Waals surface area contributed by atoms with Crippen LogP contribution < -0.4 is 0 Å². The maximum absolute atomic E-state index is 14.0. The van der Waals surface area contributed by atoms with Crippen molar-refractivity contribution < 1.29 is 29.0 Å². The Bertz CT molecular complexity index is 1380. The third-order valence-electron chi connectivity index (χ3n) is 16.1. The average molecular weight is 711 g/mol. The van der Waals surface area contributed by atoms with Crippen LogP contribution in [0.25, 0.3) is 0 Å². The fraction of sp³-hybridized carbons (Fsp3) is 0.884. The van der Waals surface area contributed by atoms with Crippen LogP contribution in [0.2, 0.25) is 0 Å². The summed E-state index contributed by atoms with van der Waals surface area (Å²) < 4.78 is 11.5. The number of ketones is 1. The lowest BCUT2D eigenvalue weighted by molar-refractivity contribution is -0.214. The van der Waals surface area contributed by atoms with Crippen LogP contribution in [0.3, 0.4) is 0 Å². The molecule has 8 heteroatoms. The highest BCUT2D eigenvalue weighted by Gasteiger charge is 2.66. The normalized spacial score (nSPS) is 38.5. The van der Waals surface area contributed by atoms with Crippen LogP contribution in [0.15, 0.2) is 11.1 Å². The second kappa shape index (κ2) is 14.1. The van der Waals surface area contributed by atoms with E-state index in [0.717, 1.165) is 84.4 Å². The zero-order valence-corrected chi connectivity index (χ0v) is 33.6. The van der Waals surface area contributed by atoms with Gasteiger partial charge in [-0.3, -0.25) is 19.3 Å². The van der Waals surface area contributed by atoms with E-state index in [4.69, 9.17) is 9.47 Å². The van der Waals surface area contributed by atoms with Gasteiger partial charge in [0, 0.05) is 57.1 Å². The van der Waals surface area contributed by atoms with E-state index in [0.29, 0.717) is 29.5 Å². The molecule has 288 valence electrons. The molecule has 0 aromatic heterocycles. The molecule has 5 aliphatic carbocycles. The first kappa shape index (κ1) is 38.9. The molecule has 0 radical (unpaired) electrons. The first-order chi connectivity index (χ1) is 23.9. The van der Waals surface area contributed by atoms with Gasteiger partial charge in [-0.2, -0.15) is 0 Å². The zero-order valence-electron chi connectivity index (χ0n) is 33.6. The van der Waals surface area contributed by atoms with Gasteiger partial charge in [-0.15, -0.1) is 0 Å². The molecule has 6 aliphatic rings. The highest BCUT2D eigenvalue weighted by molar-refractivity contribution is 6.00. The Morgan fingerprint density at radius 3 is 2.16 bits per heavy atom. The third-order valence-corrected chi connectivity index (χ3v) is 16.1. The number of Topliss-reactive ketones (excluding diaryl/α,β-unsaturated/α-hetero) is 1. The van der Waals surface area contributed by atoms with Gasteiger partial charge in [0.05, 0.1) is 18.4 Å². The van der Waals surface area contributed by atoms with Gasteiger partial charge in [-0.1, -0.05) is 47.1 Å². The Hall–Kier alpha value is -1.77. The predicted molar refractivity (Wildman–Crippen MR) is 200 cm³/mol. The number of fused-ring (bicyclic) bond motifs is 7. The van der Waals surface area contributed by atoms with E-state index in [-0.39, 0.29) is 46.1 Å². The Kier molecular flexibility index (Phi) is 10.8. The molecule has 8 nitrogen and oxygen atoms in total. The number of nitrogens with zero attached hydrogens (tertiary/aromatic N) is 2. The number of carbonyl (C=O) groups excluding carboxylic acids is 2. The number of piperazine rings is 1. The van der Waals surface area contributed by atoms with Crippen LogP contribution in [0.5, 0.6) is 0 Å². The van der Waals surface area contributed by atoms with E-state index in [1.54, 1.807) is 26.5 Å². The number of aliphatic carboxylic acids is 1. The van der Waals surface area contributed by atoms with Crippen molar-refractivity contribution in [3.05, 3.63) is 11.1 Å². The van der Waals surface area contributed by atoms with Gasteiger partial charge in [-0.05, 0) is 124 Å². The number of carboxylic acid groups (broad SMARTS) is 1.